The van der Waals surface area contributed by atoms with Gasteiger partial charge in [-0.2, -0.15) is 8.78 Å². The highest BCUT2D eigenvalue weighted by Crippen LogP contribution is 2.31. The Morgan fingerprint density at radius 1 is 1.44 bits per heavy atom. The van der Waals surface area contributed by atoms with E-state index in [0.29, 0.717) is 0 Å². The van der Waals surface area contributed by atoms with Gasteiger partial charge in [-0.15, -0.1) is 0 Å². The highest BCUT2D eigenvalue weighted by Gasteiger charge is 2.23. The molecule has 0 N–H and O–H groups in total. The minimum Gasteiger partial charge on any atom is -0.465 e. The first-order chi connectivity index (χ1) is 8.36. The fraction of sp³-hybridized carbons (Fsp3) is 0.300. The number of nitrogens with zero attached hydrogens (tertiary/aromatic N) is 1. The lowest BCUT2D eigenvalue weighted by Crippen LogP contribution is -2.09. The van der Waals surface area contributed by atoms with Crippen molar-refractivity contribution in [2.75, 3.05) is 7.11 Å². The summed E-state index contributed by atoms with van der Waals surface area (Å²) in [6, 6.07) is 1.84. The molecule has 0 saturated heterocycles. The van der Waals surface area contributed by atoms with Crippen molar-refractivity contribution in [1.82, 2.24) is 0 Å². The quantitative estimate of drug-likeness (QED) is 0.472. The van der Waals surface area contributed by atoms with Crippen molar-refractivity contribution < 1.29 is 28.0 Å². The summed E-state index contributed by atoms with van der Waals surface area (Å²) in [6.45, 7) is -1.80. The first kappa shape index (κ1) is 13.8. The van der Waals surface area contributed by atoms with Crippen LogP contribution in [-0.2, 0) is 4.74 Å². The zero-order valence-corrected chi connectivity index (χ0v) is 9.48. The average Bonchev–Trinajstić information content (AvgIpc) is 2.29. The number of alkyl halides is 2. The number of methoxy groups -OCH3 is 1. The largest absolute Gasteiger partial charge is 0.465 e. The first-order valence-corrected chi connectivity index (χ1v) is 4.69. The summed E-state index contributed by atoms with van der Waals surface area (Å²) in [5, 5.41) is 10.7. The van der Waals surface area contributed by atoms with Gasteiger partial charge in [-0.1, -0.05) is 0 Å². The van der Waals surface area contributed by atoms with Gasteiger partial charge in [-0.05, 0) is 12.5 Å². The topological polar surface area (TPSA) is 78.7 Å². The van der Waals surface area contributed by atoms with Gasteiger partial charge in [-0.25, -0.2) is 4.79 Å². The van der Waals surface area contributed by atoms with Gasteiger partial charge in [0.2, 0.25) is 5.75 Å². The summed E-state index contributed by atoms with van der Waals surface area (Å²) < 4.78 is 32.7. The second kappa shape index (κ2) is 5.39. The molecular weight excluding hydrogens is 252 g/mol. The molecule has 0 aliphatic rings. The maximum absolute atomic E-state index is 12.1. The number of nitro groups is 1. The summed E-state index contributed by atoms with van der Waals surface area (Å²) in [6.07, 6.45) is 0. The van der Waals surface area contributed by atoms with Crippen molar-refractivity contribution >= 4 is 11.7 Å². The second-order valence-electron chi connectivity index (χ2n) is 3.26. The highest BCUT2D eigenvalue weighted by atomic mass is 19.3. The molecule has 0 fully saturated rings. The number of hydrogen-bond acceptors (Lipinski definition) is 5. The van der Waals surface area contributed by atoms with E-state index in [-0.39, 0.29) is 11.1 Å². The van der Waals surface area contributed by atoms with Crippen molar-refractivity contribution in [3.8, 4) is 5.75 Å². The van der Waals surface area contributed by atoms with Gasteiger partial charge in [0, 0.05) is 12.1 Å². The number of rotatable bonds is 4. The summed E-state index contributed by atoms with van der Waals surface area (Å²) >= 11 is 0. The van der Waals surface area contributed by atoms with Gasteiger partial charge >= 0.3 is 18.3 Å². The number of halogens is 2. The van der Waals surface area contributed by atoms with Crippen molar-refractivity contribution in [3.05, 3.63) is 33.4 Å². The Balaban J connectivity index is 3.35. The average molecular weight is 261 g/mol. The molecule has 18 heavy (non-hydrogen) atoms. The smallest absolute Gasteiger partial charge is 0.387 e. The Morgan fingerprint density at radius 2 is 2.06 bits per heavy atom. The molecule has 0 aliphatic carbocycles. The SMILES string of the molecule is COC(=O)c1cc(OC(F)F)c([N+](=O)[O-])cc1C. The lowest BCUT2D eigenvalue weighted by atomic mass is 10.1. The minimum atomic E-state index is -3.23. The standard InChI is InChI=1S/C10H9F2NO5/c1-5-3-7(13(15)16)8(18-10(11)12)4-6(5)9(14)17-2/h3-4,10H,1-2H3. The Hall–Kier alpha value is -2.25. The summed E-state index contributed by atoms with van der Waals surface area (Å²) in [5.41, 5.74) is -0.477. The van der Waals surface area contributed by atoms with Gasteiger partial charge in [0.1, 0.15) is 0 Å². The molecule has 0 radical (unpaired) electrons. The van der Waals surface area contributed by atoms with Crippen LogP contribution in [0.2, 0.25) is 0 Å². The van der Waals surface area contributed by atoms with Crippen molar-refractivity contribution in [2.45, 2.75) is 13.5 Å². The molecule has 0 heterocycles. The number of benzene rings is 1. The molecule has 0 unspecified atom stereocenters. The first-order valence-electron chi connectivity index (χ1n) is 4.69. The monoisotopic (exact) mass is 261 g/mol. The van der Waals surface area contributed by atoms with Crippen LogP contribution in [0, 0.1) is 17.0 Å². The Kier molecular flexibility index (Phi) is 4.13. The number of carbonyl (C=O) groups is 1. The molecule has 1 aromatic carbocycles. The van der Waals surface area contributed by atoms with Gasteiger partial charge in [0.15, 0.2) is 0 Å². The number of esters is 1. The van der Waals surface area contributed by atoms with Crippen LogP contribution in [0.1, 0.15) is 15.9 Å². The molecule has 1 aromatic rings. The Labute approximate surface area is 100 Å². The highest BCUT2D eigenvalue weighted by molar-refractivity contribution is 5.92. The zero-order valence-electron chi connectivity index (χ0n) is 9.48. The van der Waals surface area contributed by atoms with Crippen LogP contribution < -0.4 is 4.74 Å². The van der Waals surface area contributed by atoms with Crippen LogP contribution >= 0.6 is 0 Å². The molecule has 8 heteroatoms. The molecule has 98 valence electrons. The van der Waals surface area contributed by atoms with Crippen LogP contribution in [0.3, 0.4) is 0 Å². The van der Waals surface area contributed by atoms with E-state index in [4.69, 9.17) is 0 Å². The molecule has 6 nitrogen and oxygen atoms in total. The third-order valence-electron chi connectivity index (χ3n) is 2.12. The third kappa shape index (κ3) is 2.90. The van der Waals surface area contributed by atoms with E-state index < -0.39 is 28.9 Å². The van der Waals surface area contributed by atoms with E-state index in [1.165, 1.54) is 6.92 Å². The molecule has 0 saturated carbocycles. The van der Waals surface area contributed by atoms with Crippen molar-refractivity contribution in [3.63, 3.8) is 0 Å². The maximum Gasteiger partial charge on any atom is 0.387 e. The van der Waals surface area contributed by atoms with Crippen LogP contribution in [0.4, 0.5) is 14.5 Å². The molecule has 0 bridgehead atoms. The normalized spacial score (nSPS) is 10.3. The van der Waals surface area contributed by atoms with Gasteiger partial charge in [0.05, 0.1) is 17.6 Å². The van der Waals surface area contributed by atoms with Gasteiger partial charge in [0.25, 0.3) is 0 Å². The molecule has 0 spiro atoms. The number of aryl methyl sites for hydroxylation is 1. The van der Waals surface area contributed by atoms with E-state index in [0.717, 1.165) is 19.2 Å². The number of ether oxygens (including phenoxy) is 2. The van der Waals surface area contributed by atoms with Crippen molar-refractivity contribution in [2.24, 2.45) is 0 Å². The molecule has 0 atom stereocenters. The number of hydrogen-bond donors (Lipinski definition) is 0. The lowest BCUT2D eigenvalue weighted by molar-refractivity contribution is -0.386. The van der Waals surface area contributed by atoms with E-state index in [2.05, 4.69) is 9.47 Å². The van der Waals surface area contributed by atoms with Gasteiger partial charge in [-0.3, -0.25) is 10.1 Å². The fourth-order valence-electron chi connectivity index (χ4n) is 1.34. The van der Waals surface area contributed by atoms with E-state index in [9.17, 15) is 23.7 Å². The molecule has 0 amide bonds. The summed E-state index contributed by atoms with van der Waals surface area (Å²) in [5.74, 6) is -1.47. The van der Waals surface area contributed by atoms with E-state index >= 15 is 0 Å². The second-order valence-corrected chi connectivity index (χ2v) is 3.26. The number of nitro benzene ring substituents is 1. The zero-order chi connectivity index (χ0) is 13.9. The van der Waals surface area contributed by atoms with E-state index in [1.807, 2.05) is 0 Å². The third-order valence-corrected chi connectivity index (χ3v) is 2.12. The summed E-state index contributed by atoms with van der Waals surface area (Å²) in [7, 11) is 1.11. The van der Waals surface area contributed by atoms with Gasteiger partial charge < -0.3 is 9.47 Å². The lowest BCUT2D eigenvalue weighted by Gasteiger charge is -2.09. The molecule has 0 aliphatic heterocycles. The Bertz CT molecular complexity index is 489. The molecular formula is C10H9F2NO5. The predicted molar refractivity (Wildman–Crippen MR) is 55.8 cm³/mol. The van der Waals surface area contributed by atoms with Crippen molar-refractivity contribution in [1.29, 1.82) is 0 Å². The predicted octanol–water partition coefficient (Wildman–Crippen LogP) is 2.29. The molecule has 1 rings (SSSR count). The number of carbonyl (C=O) groups excluding carboxylic acids is 1. The van der Waals surface area contributed by atoms with Crippen LogP contribution in [0.5, 0.6) is 5.75 Å². The molecule has 0 aromatic heterocycles. The van der Waals surface area contributed by atoms with Crippen LogP contribution in [0.25, 0.3) is 0 Å². The fourth-order valence-corrected chi connectivity index (χ4v) is 1.34. The van der Waals surface area contributed by atoms with E-state index in [1.54, 1.807) is 0 Å². The van der Waals surface area contributed by atoms with Crippen LogP contribution in [0.15, 0.2) is 12.1 Å². The minimum absolute atomic E-state index is 0.0706. The maximum atomic E-state index is 12.1. The Morgan fingerprint density at radius 3 is 2.50 bits per heavy atom. The summed E-state index contributed by atoms with van der Waals surface area (Å²) in [4.78, 5) is 21.1. The van der Waals surface area contributed by atoms with Crippen LogP contribution in [-0.4, -0.2) is 24.6 Å².